The highest BCUT2D eigenvalue weighted by Gasteiger charge is 2.12. The number of nitrogens with two attached hydrogens (primary N) is 1. The fourth-order valence-corrected chi connectivity index (χ4v) is 2.57. The van der Waals surface area contributed by atoms with E-state index in [1.165, 1.54) is 11.3 Å². The maximum Gasteiger partial charge on any atom is 0.252 e. The molecule has 0 bridgehead atoms. The van der Waals surface area contributed by atoms with Gasteiger partial charge in [0, 0.05) is 11.8 Å². The molecule has 3 N–H and O–H groups in total. The van der Waals surface area contributed by atoms with Gasteiger partial charge in [0.05, 0.1) is 17.9 Å². The fourth-order valence-electron chi connectivity index (χ4n) is 1.63. The number of carbonyl (C=O) groups is 1. The van der Waals surface area contributed by atoms with Crippen molar-refractivity contribution in [3.63, 3.8) is 0 Å². The number of carbonyl (C=O) groups excluding carboxylic acids is 1. The molecule has 0 aliphatic heterocycles. The zero-order valence-electron chi connectivity index (χ0n) is 11.6. The predicted molar refractivity (Wildman–Crippen MR) is 80.3 cm³/mol. The van der Waals surface area contributed by atoms with Crippen LogP contribution in [0.25, 0.3) is 10.2 Å². The Morgan fingerprint density at radius 3 is 2.90 bits per heavy atom. The maximum atomic E-state index is 11.7. The molecule has 0 aliphatic carbocycles. The van der Waals surface area contributed by atoms with Crippen molar-refractivity contribution in [1.82, 2.24) is 4.98 Å². The van der Waals surface area contributed by atoms with E-state index in [0.29, 0.717) is 22.1 Å². The number of methoxy groups -OCH3 is 1. The Balaban J connectivity index is 2.17. The Labute approximate surface area is 120 Å². The van der Waals surface area contributed by atoms with Crippen LogP contribution in [0, 0.1) is 0 Å². The first-order chi connectivity index (χ1) is 9.49. The lowest BCUT2D eigenvalue weighted by Gasteiger charge is -2.06. The second-order valence-electron chi connectivity index (χ2n) is 4.50. The first-order valence-electron chi connectivity index (χ1n) is 6.15. The third-order valence-corrected chi connectivity index (χ3v) is 3.41. The van der Waals surface area contributed by atoms with Crippen LogP contribution in [0.3, 0.4) is 0 Å². The molecule has 20 heavy (non-hydrogen) atoms. The first kappa shape index (κ1) is 14.5. The number of hydrogen-bond donors (Lipinski definition) is 2. The van der Waals surface area contributed by atoms with E-state index in [2.05, 4.69) is 10.3 Å². The summed E-state index contributed by atoms with van der Waals surface area (Å²) in [7, 11) is 1.56. The minimum Gasteiger partial charge on any atom is -0.494 e. The summed E-state index contributed by atoms with van der Waals surface area (Å²) in [4.78, 5) is 16.0. The molecule has 2 rings (SSSR count). The maximum absolute atomic E-state index is 11.7. The number of anilines is 2. The van der Waals surface area contributed by atoms with Gasteiger partial charge in [-0.25, -0.2) is 4.98 Å². The molecule has 1 amide bonds. The van der Waals surface area contributed by atoms with Gasteiger partial charge in [0.25, 0.3) is 5.91 Å². The number of nitrogen functional groups attached to an aromatic ring is 1. The summed E-state index contributed by atoms with van der Waals surface area (Å²) in [6.07, 6.45) is 0.0102. The van der Waals surface area contributed by atoms with E-state index < -0.39 is 0 Å². The number of nitrogens with one attached hydrogen (secondary N) is 1. The van der Waals surface area contributed by atoms with Crippen LogP contribution in [-0.4, -0.2) is 30.7 Å². The van der Waals surface area contributed by atoms with Gasteiger partial charge in [0.15, 0.2) is 5.13 Å². The molecule has 0 aliphatic rings. The average molecular weight is 295 g/mol. The zero-order valence-corrected chi connectivity index (χ0v) is 12.4. The lowest BCUT2D eigenvalue weighted by atomic mass is 10.3. The van der Waals surface area contributed by atoms with Gasteiger partial charge in [-0.2, -0.15) is 0 Å². The van der Waals surface area contributed by atoms with Gasteiger partial charge in [0.1, 0.15) is 17.9 Å². The van der Waals surface area contributed by atoms with Crippen LogP contribution in [0.15, 0.2) is 12.1 Å². The molecule has 2 aromatic rings. The van der Waals surface area contributed by atoms with Crippen molar-refractivity contribution in [2.75, 3.05) is 24.8 Å². The number of amides is 1. The van der Waals surface area contributed by atoms with Crippen molar-refractivity contribution < 1.29 is 14.3 Å². The number of aromatic nitrogens is 1. The number of rotatable bonds is 5. The molecule has 1 aromatic heterocycles. The van der Waals surface area contributed by atoms with Crippen LogP contribution in [0.1, 0.15) is 13.8 Å². The number of nitrogens with zero attached hydrogens (tertiary/aromatic N) is 1. The second-order valence-corrected chi connectivity index (χ2v) is 5.53. The molecular weight excluding hydrogens is 278 g/mol. The molecule has 0 fully saturated rings. The lowest BCUT2D eigenvalue weighted by Crippen LogP contribution is -2.20. The number of fused-ring (bicyclic) bond motifs is 1. The molecule has 1 heterocycles. The number of ether oxygens (including phenoxy) is 2. The summed E-state index contributed by atoms with van der Waals surface area (Å²) < 4.78 is 11.3. The van der Waals surface area contributed by atoms with Crippen LogP contribution >= 0.6 is 11.3 Å². The van der Waals surface area contributed by atoms with Crippen LogP contribution in [0.2, 0.25) is 0 Å². The first-order valence-corrected chi connectivity index (χ1v) is 6.96. The molecule has 0 saturated carbocycles. The van der Waals surface area contributed by atoms with E-state index >= 15 is 0 Å². The summed E-state index contributed by atoms with van der Waals surface area (Å²) in [6, 6.07) is 3.51. The van der Waals surface area contributed by atoms with E-state index in [0.717, 1.165) is 4.70 Å². The zero-order chi connectivity index (χ0) is 14.7. The number of hydrogen-bond acceptors (Lipinski definition) is 6. The van der Waals surface area contributed by atoms with Crippen LogP contribution < -0.4 is 15.8 Å². The summed E-state index contributed by atoms with van der Waals surface area (Å²) in [5.74, 6) is 0.361. The SMILES string of the molecule is COc1cc(N)cc2sc(NC(=O)COC(C)C)nc12. The topological polar surface area (TPSA) is 86.5 Å². The monoisotopic (exact) mass is 295 g/mol. The second kappa shape index (κ2) is 6.06. The summed E-state index contributed by atoms with van der Waals surface area (Å²) in [6.45, 7) is 3.75. The quantitative estimate of drug-likeness (QED) is 0.826. The lowest BCUT2D eigenvalue weighted by molar-refractivity contribution is -0.121. The van der Waals surface area contributed by atoms with Crippen molar-refractivity contribution in [2.24, 2.45) is 0 Å². The van der Waals surface area contributed by atoms with Gasteiger partial charge in [0.2, 0.25) is 0 Å². The van der Waals surface area contributed by atoms with Gasteiger partial charge in [-0.15, -0.1) is 0 Å². The molecule has 0 spiro atoms. The van der Waals surface area contributed by atoms with Crippen molar-refractivity contribution in [3.8, 4) is 5.75 Å². The Kier molecular flexibility index (Phi) is 4.41. The molecule has 1 aromatic carbocycles. The smallest absolute Gasteiger partial charge is 0.252 e. The fraction of sp³-hybridized carbons (Fsp3) is 0.385. The van der Waals surface area contributed by atoms with Gasteiger partial charge in [-0.1, -0.05) is 11.3 Å². The highest BCUT2D eigenvalue weighted by molar-refractivity contribution is 7.22. The Morgan fingerprint density at radius 2 is 2.25 bits per heavy atom. The minimum atomic E-state index is -0.232. The highest BCUT2D eigenvalue weighted by atomic mass is 32.1. The molecule has 0 atom stereocenters. The van der Waals surface area contributed by atoms with Gasteiger partial charge >= 0.3 is 0 Å². The van der Waals surface area contributed by atoms with Gasteiger partial charge < -0.3 is 15.2 Å². The van der Waals surface area contributed by atoms with Crippen molar-refractivity contribution in [3.05, 3.63) is 12.1 Å². The molecule has 6 nitrogen and oxygen atoms in total. The van der Waals surface area contributed by atoms with Crippen LogP contribution in [0.4, 0.5) is 10.8 Å². The molecule has 0 radical (unpaired) electrons. The standard InChI is InChI=1S/C13H17N3O3S/c1-7(2)19-6-11(17)15-13-16-12-9(18-3)4-8(14)5-10(12)20-13/h4-5,7H,6,14H2,1-3H3,(H,15,16,17). The Morgan fingerprint density at radius 1 is 1.50 bits per heavy atom. The van der Waals surface area contributed by atoms with Crippen LogP contribution in [0.5, 0.6) is 5.75 Å². The Hall–Kier alpha value is -1.86. The number of benzene rings is 1. The molecule has 7 heteroatoms. The summed E-state index contributed by atoms with van der Waals surface area (Å²) >= 11 is 1.34. The van der Waals surface area contributed by atoms with E-state index in [1.807, 2.05) is 13.8 Å². The van der Waals surface area contributed by atoms with E-state index in [1.54, 1.807) is 19.2 Å². The minimum absolute atomic E-state index is 0.00681. The highest BCUT2D eigenvalue weighted by Crippen LogP contribution is 2.34. The third-order valence-electron chi connectivity index (χ3n) is 2.50. The molecule has 108 valence electrons. The normalized spacial score (nSPS) is 11.0. The van der Waals surface area contributed by atoms with Crippen molar-refractivity contribution in [1.29, 1.82) is 0 Å². The summed E-state index contributed by atoms with van der Waals surface area (Å²) in [5, 5.41) is 3.21. The van der Waals surface area contributed by atoms with E-state index in [-0.39, 0.29) is 18.6 Å². The molecule has 0 saturated heterocycles. The van der Waals surface area contributed by atoms with Crippen LogP contribution in [-0.2, 0) is 9.53 Å². The Bertz CT molecular complexity index is 625. The largest absolute Gasteiger partial charge is 0.494 e. The van der Waals surface area contributed by atoms with Crippen molar-refractivity contribution >= 4 is 38.3 Å². The van der Waals surface area contributed by atoms with Gasteiger partial charge in [-0.3, -0.25) is 10.1 Å². The summed E-state index contributed by atoms with van der Waals surface area (Å²) in [5.41, 5.74) is 7.07. The van der Waals surface area contributed by atoms with Crippen molar-refractivity contribution in [2.45, 2.75) is 20.0 Å². The molecule has 0 unspecified atom stereocenters. The van der Waals surface area contributed by atoms with E-state index in [4.69, 9.17) is 15.2 Å². The number of thiazole rings is 1. The molecular formula is C13H17N3O3S. The van der Waals surface area contributed by atoms with Gasteiger partial charge in [-0.05, 0) is 19.9 Å². The predicted octanol–water partition coefficient (Wildman–Crippen LogP) is 2.25. The third kappa shape index (κ3) is 3.37. The van der Waals surface area contributed by atoms with E-state index in [9.17, 15) is 4.79 Å². The average Bonchev–Trinajstić information content (AvgIpc) is 2.77.